The van der Waals surface area contributed by atoms with Crippen LogP contribution in [0.25, 0.3) is 21.1 Å². The Kier molecular flexibility index (Phi) is 4.07. The predicted octanol–water partition coefficient (Wildman–Crippen LogP) is 5.42. The van der Waals surface area contributed by atoms with Crippen molar-refractivity contribution in [2.24, 2.45) is 0 Å². The number of benzene rings is 1. The van der Waals surface area contributed by atoms with Gasteiger partial charge in [0.2, 0.25) is 0 Å². The van der Waals surface area contributed by atoms with Crippen molar-refractivity contribution in [1.82, 2.24) is 9.97 Å². The smallest absolute Gasteiger partial charge is 0.320 e. The SMILES string of the molecule is Cc1c(C(=O)Nc2cnc3ccccc3c2)sc2nc(C(F)(F)F)ccc12. The lowest BCUT2D eigenvalue weighted by Crippen LogP contribution is -2.11. The van der Waals surface area contributed by atoms with Gasteiger partial charge in [0.1, 0.15) is 10.5 Å². The number of halogens is 3. The van der Waals surface area contributed by atoms with Gasteiger partial charge in [-0.1, -0.05) is 18.2 Å². The molecular weight excluding hydrogens is 375 g/mol. The standard InChI is InChI=1S/C19H12F3N3OS/c1-10-13-6-7-15(19(20,21)22)25-18(13)27-16(10)17(26)24-12-8-11-4-2-3-5-14(11)23-9-12/h2-9H,1H3,(H,24,26). The predicted molar refractivity (Wildman–Crippen MR) is 99.1 cm³/mol. The van der Waals surface area contributed by atoms with Crippen LogP contribution in [0.2, 0.25) is 0 Å². The van der Waals surface area contributed by atoms with Gasteiger partial charge in [-0.2, -0.15) is 13.2 Å². The van der Waals surface area contributed by atoms with E-state index in [4.69, 9.17) is 0 Å². The average molecular weight is 387 g/mol. The molecule has 4 rings (SSSR count). The molecule has 0 radical (unpaired) electrons. The molecule has 3 heterocycles. The molecule has 136 valence electrons. The van der Waals surface area contributed by atoms with E-state index in [1.165, 1.54) is 6.07 Å². The quantitative estimate of drug-likeness (QED) is 0.499. The molecule has 0 fully saturated rings. The number of aryl methyl sites for hydroxylation is 1. The van der Waals surface area contributed by atoms with Gasteiger partial charge in [-0.3, -0.25) is 9.78 Å². The Bertz CT molecular complexity index is 1180. The summed E-state index contributed by atoms with van der Waals surface area (Å²) < 4.78 is 38.6. The third-order valence-electron chi connectivity index (χ3n) is 4.15. The first-order chi connectivity index (χ1) is 12.8. The van der Waals surface area contributed by atoms with E-state index >= 15 is 0 Å². The summed E-state index contributed by atoms with van der Waals surface area (Å²) in [5.41, 5.74) is 0.946. The number of carbonyl (C=O) groups excluding carboxylic acids is 1. The molecule has 0 aliphatic carbocycles. The Morgan fingerprint density at radius 2 is 1.93 bits per heavy atom. The van der Waals surface area contributed by atoms with Gasteiger partial charge < -0.3 is 5.32 Å². The van der Waals surface area contributed by atoms with E-state index < -0.39 is 17.8 Å². The zero-order valence-corrected chi connectivity index (χ0v) is 14.8. The maximum atomic E-state index is 12.9. The van der Waals surface area contributed by atoms with Gasteiger partial charge in [-0.05, 0) is 36.8 Å². The zero-order chi connectivity index (χ0) is 19.2. The van der Waals surface area contributed by atoms with Crippen molar-refractivity contribution >= 4 is 44.1 Å². The fourth-order valence-corrected chi connectivity index (χ4v) is 3.88. The molecule has 8 heteroatoms. The Balaban J connectivity index is 1.68. The van der Waals surface area contributed by atoms with Crippen LogP contribution in [0.3, 0.4) is 0 Å². The first-order valence-electron chi connectivity index (χ1n) is 7.96. The monoisotopic (exact) mass is 387 g/mol. The topological polar surface area (TPSA) is 54.9 Å². The largest absolute Gasteiger partial charge is 0.433 e. The number of alkyl halides is 3. The molecule has 4 nitrogen and oxygen atoms in total. The van der Waals surface area contributed by atoms with E-state index in [9.17, 15) is 18.0 Å². The van der Waals surface area contributed by atoms with E-state index in [0.29, 0.717) is 21.5 Å². The Morgan fingerprint density at radius 1 is 1.15 bits per heavy atom. The summed E-state index contributed by atoms with van der Waals surface area (Å²) in [5, 5.41) is 4.17. The van der Waals surface area contributed by atoms with E-state index in [1.54, 1.807) is 19.2 Å². The summed E-state index contributed by atoms with van der Waals surface area (Å²) >= 11 is 0.942. The van der Waals surface area contributed by atoms with E-state index in [-0.39, 0.29) is 4.83 Å². The number of hydrogen-bond donors (Lipinski definition) is 1. The molecule has 1 N–H and O–H groups in total. The number of aromatic nitrogens is 2. The molecule has 0 aliphatic rings. The number of pyridine rings is 2. The Hall–Kier alpha value is -3.00. The summed E-state index contributed by atoms with van der Waals surface area (Å²) in [5.74, 6) is -0.402. The number of fused-ring (bicyclic) bond motifs is 2. The fraction of sp³-hybridized carbons (Fsp3) is 0.105. The van der Waals surface area contributed by atoms with Gasteiger partial charge in [0, 0.05) is 10.8 Å². The van der Waals surface area contributed by atoms with Crippen LogP contribution >= 0.6 is 11.3 Å². The minimum absolute atomic E-state index is 0.184. The highest BCUT2D eigenvalue weighted by atomic mass is 32.1. The lowest BCUT2D eigenvalue weighted by Gasteiger charge is -2.05. The van der Waals surface area contributed by atoms with Crippen molar-refractivity contribution in [2.45, 2.75) is 13.1 Å². The van der Waals surface area contributed by atoms with Crippen LogP contribution < -0.4 is 5.32 Å². The summed E-state index contributed by atoms with van der Waals surface area (Å²) in [6, 6.07) is 11.6. The van der Waals surface area contributed by atoms with Crippen LogP contribution in [0, 0.1) is 6.92 Å². The van der Waals surface area contributed by atoms with Gasteiger partial charge in [-0.25, -0.2) is 4.98 Å². The summed E-state index contributed by atoms with van der Waals surface area (Å²) in [6.45, 7) is 1.70. The lowest BCUT2D eigenvalue weighted by atomic mass is 10.1. The van der Waals surface area contributed by atoms with Gasteiger partial charge in [-0.15, -0.1) is 11.3 Å². The second kappa shape index (κ2) is 6.31. The van der Waals surface area contributed by atoms with Gasteiger partial charge in [0.25, 0.3) is 5.91 Å². The number of anilines is 1. The molecule has 1 amide bonds. The number of carbonyl (C=O) groups is 1. The fourth-order valence-electron chi connectivity index (χ4n) is 2.80. The lowest BCUT2D eigenvalue weighted by molar-refractivity contribution is -0.140. The molecule has 1 aromatic carbocycles. The molecule has 0 saturated heterocycles. The minimum Gasteiger partial charge on any atom is -0.320 e. The summed E-state index contributed by atoms with van der Waals surface area (Å²) in [6.07, 6.45) is -2.98. The second-order valence-electron chi connectivity index (χ2n) is 5.97. The number of amides is 1. The first-order valence-corrected chi connectivity index (χ1v) is 8.78. The van der Waals surface area contributed by atoms with Crippen LogP contribution in [-0.2, 0) is 6.18 Å². The zero-order valence-electron chi connectivity index (χ0n) is 14.0. The molecule has 0 aliphatic heterocycles. The highest BCUT2D eigenvalue weighted by Crippen LogP contribution is 2.34. The molecular formula is C19H12F3N3OS. The van der Waals surface area contributed by atoms with Crippen molar-refractivity contribution in [3.8, 4) is 0 Å². The Morgan fingerprint density at radius 3 is 2.70 bits per heavy atom. The van der Waals surface area contributed by atoms with Crippen LogP contribution in [0.4, 0.5) is 18.9 Å². The molecule has 0 spiro atoms. The number of nitrogens with zero attached hydrogens (tertiary/aromatic N) is 2. The van der Waals surface area contributed by atoms with Crippen LogP contribution in [0.5, 0.6) is 0 Å². The molecule has 0 bridgehead atoms. The van der Waals surface area contributed by atoms with Crippen molar-refractivity contribution in [3.63, 3.8) is 0 Å². The molecule has 4 aromatic rings. The average Bonchev–Trinajstić information content (AvgIpc) is 2.97. The van der Waals surface area contributed by atoms with Crippen LogP contribution in [0.1, 0.15) is 20.9 Å². The van der Waals surface area contributed by atoms with Crippen molar-refractivity contribution in [1.29, 1.82) is 0 Å². The van der Waals surface area contributed by atoms with E-state index in [0.717, 1.165) is 28.3 Å². The third-order valence-corrected chi connectivity index (χ3v) is 5.35. The number of hydrogen-bond acceptors (Lipinski definition) is 4. The van der Waals surface area contributed by atoms with Gasteiger partial charge in [0.05, 0.1) is 22.3 Å². The first kappa shape index (κ1) is 17.4. The Labute approximate surface area is 155 Å². The highest BCUT2D eigenvalue weighted by Gasteiger charge is 2.33. The van der Waals surface area contributed by atoms with Gasteiger partial charge >= 0.3 is 6.18 Å². The van der Waals surface area contributed by atoms with Crippen molar-refractivity contribution < 1.29 is 18.0 Å². The van der Waals surface area contributed by atoms with Gasteiger partial charge in [0.15, 0.2) is 0 Å². The highest BCUT2D eigenvalue weighted by molar-refractivity contribution is 7.20. The maximum Gasteiger partial charge on any atom is 0.433 e. The summed E-state index contributed by atoms with van der Waals surface area (Å²) in [7, 11) is 0. The molecule has 3 aromatic heterocycles. The van der Waals surface area contributed by atoms with Crippen LogP contribution in [-0.4, -0.2) is 15.9 Å². The van der Waals surface area contributed by atoms with Crippen LogP contribution in [0.15, 0.2) is 48.7 Å². The number of nitrogens with one attached hydrogen (secondary N) is 1. The molecule has 0 saturated carbocycles. The molecule has 0 atom stereocenters. The van der Waals surface area contributed by atoms with Crippen molar-refractivity contribution in [3.05, 3.63) is 64.8 Å². The number of thiophene rings is 1. The second-order valence-corrected chi connectivity index (χ2v) is 6.97. The molecule has 0 unspecified atom stereocenters. The minimum atomic E-state index is -4.52. The number of para-hydroxylation sites is 1. The molecule has 27 heavy (non-hydrogen) atoms. The van der Waals surface area contributed by atoms with E-state index in [1.807, 2.05) is 24.3 Å². The van der Waals surface area contributed by atoms with E-state index in [2.05, 4.69) is 15.3 Å². The van der Waals surface area contributed by atoms with Crippen molar-refractivity contribution in [2.75, 3.05) is 5.32 Å². The normalized spacial score (nSPS) is 11.9. The third kappa shape index (κ3) is 3.23. The maximum absolute atomic E-state index is 12.9. The number of rotatable bonds is 2. The summed E-state index contributed by atoms with van der Waals surface area (Å²) in [4.78, 5) is 21.1.